The fraction of sp³-hybridized carbons (Fsp3) is 0.176. The van der Waals surface area contributed by atoms with Gasteiger partial charge in [0.1, 0.15) is 18.2 Å². The number of nitrogens with zero attached hydrogens (tertiary/aromatic N) is 2. The van der Waals surface area contributed by atoms with Gasteiger partial charge in [-0.1, -0.05) is 24.8 Å². The van der Waals surface area contributed by atoms with Crippen LogP contribution in [0.2, 0.25) is 0 Å². The summed E-state index contributed by atoms with van der Waals surface area (Å²) < 4.78 is 4.83. The number of ketones is 1. The molecule has 0 saturated heterocycles. The van der Waals surface area contributed by atoms with Crippen LogP contribution in [0.5, 0.6) is 0 Å². The number of nitriles is 1. The molecular weight excluding hydrogens is 310 g/mol. The highest BCUT2D eigenvalue weighted by Crippen LogP contribution is 2.30. The van der Waals surface area contributed by atoms with Crippen molar-refractivity contribution in [3.05, 3.63) is 53.2 Å². The van der Waals surface area contributed by atoms with Crippen LogP contribution in [0.3, 0.4) is 0 Å². The quantitative estimate of drug-likeness (QED) is 0.490. The lowest BCUT2D eigenvalue weighted by molar-refractivity contribution is -0.147. The molecule has 2 rings (SSSR count). The number of ether oxygens (including phenoxy) is 1. The molecule has 0 atom stereocenters. The molecule has 1 aliphatic rings. The monoisotopic (exact) mass is 325 g/mol. The first-order valence-electron chi connectivity index (χ1n) is 7.02. The van der Waals surface area contributed by atoms with Crippen LogP contribution >= 0.6 is 0 Å². The second-order valence-corrected chi connectivity index (χ2v) is 5.14. The standard InChI is InChI=1S/C17H15N3O4/c1-10(19)14(7-18)15(21)9-24-16(22)8-20-11(2)12-5-3-4-6-13(12)17(20)23/h3-6H,2,8-9,19H2,1H3/b14-10+. The van der Waals surface area contributed by atoms with E-state index >= 15 is 0 Å². The van der Waals surface area contributed by atoms with E-state index in [1.54, 1.807) is 30.3 Å². The first kappa shape index (κ1) is 17.0. The molecule has 0 aromatic heterocycles. The summed E-state index contributed by atoms with van der Waals surface area (Å²) in [5.41, 5.74) is 6.71. The van der Waals surface area contributed by atoms with Crippen molar-refractivity contribution < 1.29 is 19.1 Å². The number of hydrogen-bond donors (Lipinski definition) is 1. The first-order valence-corrected chi connectivity index (χ1v) is 7.02. The molecule has 1 heterocycles. The van der Waals surface area contributed by atoms with Gasteiger partial charge in [-0.3, -0.25) is 19.3 Å². The van der Waals surface area contributed by atoms with Crippen molar-refractivity contribution >= 4 is 23.4 Å². The maximum Gasteiger partial charge on any atom is 0.326 e. The summed E-state index contributed by atoms with van der Waals surface area (Å²) in [7, 11) is 0. The Hall–Kier alpha value is -3.40. The van der Waals surface area contributed by atoms with Crippen LogP contribution in [-0.2, 0) is 14.3 Å². The molecule has 7 heteroatoms. The predicted octanol–water partition coefficient (Wildman–Crippen LogP) is 0.982. The Bertz CT molecular complexity index is 778. The molecular formula is C17H15N3O4. The van der Waals surface area contributed by atoms with E-state index < -0.39 is 18.4 Å². The van der Waals surface area contributed by atoms with Crippen LogP contribution in [0.1, 0.15) is 22.8 Å². The third-order valence-corrected chi connectivity index (χ3v) is 3.48. The highest BCUT2D eigenvalue weighted by atomic mass is 16.5. The number of Topliss-reactive ketones (excluding diaryl/α,β-unsaturated/α-hetero) is 1. The van der Waals surface area contributed by atoms with E-state index in [-0.39, 0.29) is 23.7 Å². The average molecular weight is 325 g/mol. The first-order chi connectivity index (χ1) is 11.4. The SMILES string of the molecule is C=C1c2ccccc2C(=O)N1CC(=O)OCC(=O)/C(C#N)=C(\C)N. The van der Waals surface area contributed by atoms with Crippen LogP contribution in [0.25, 0.3) is 5.70 Å². The molecule has 0 fully saturated rings. The average Bonchev–Trinajstić information content (AvgIpc) is 2.79. The number of allylic oxidation sites excluding steroid dienone is 1. The minimum atomic E-state index is -0.780. The van der Waals surface area contributed by atoms with Gasteiger partial charge in [0.15, 0.2) is 6.61 Å². The number of nitrogens with two attached hydrogens (primary N) is 1. The van der Waals surface area contributed by atoms with Crippen LogP contribution in [0.4, 0.5) is 0 Å². The second-order valence-electron chi connectivity index (χ2n) is 5.14. The lowest BCUT2D eigenvalue weighted by Crippen LogP contribution is -2.31. The van der Waals surface area contributed by atoms with Crippen molar-refractivity contribution in [3.8, 4) is 6.07 Å². The zero-order valence-corrected chi connectivity index (χ0v) is 13.0. The summed E-state index contributed by atoms with van der Waals surface area (Å²) in [6, 6.07) is 8.52. The van der Waals surface area contributed by atoms with Gasteiger partial charge < -0.3 is 10.5 Å². The Labute approximate surface area is 138 Å². The van der Waals surface area contributed by atoms with Crippen LogP contribution in [0.15, 0.2) is 42.1 Å². The van der Waals surface area contributed by atoms with E-state index in [9.17, 15) is 14.4 Å². The van der Waals surface area contributed by atoms with Crippen LogP contribution in [-0.4, -0.2) is 35.7 Å². The largest absolute Gasteiger partial charge is 0.456 e. The Morgan fingerprint density at radius 2 is 1.96 bits per heavy atom. The highest BCUT2D eigenvalue weighted by Gasteiger charge is 2.32. The van der Waals surface area contributed by atoms with Gasteiger partial charge in [0, 0.05) is 22.5 Å². The molecule has 0 radical (unpaired) electrons. The van der Waals surface area contributed by atoms with Crippen LogP contribution in [0, 0.1) is 11.3 Å². The van der Waals surface area contributed by atoms with Gasteiger partial charge in [-0.2, -0.15) is 5.26 Å². The van der Waals surface area contributed by atoms with E-state index in [4.69, 9.17) is 15.7 Å². The molecule has 2 N–H and O–H groups in total. The van der Waals surface area contributed by atoms with E-state index in [1.165, 1.54) is 11.8 Å². The molecule has 1 amide bonds. The fourth-order valence-corrected chi connectivity index (χ4v) is 2.27. The van der Waals surface area contributed by atoms with Crippen molar-refractivity contribution in [1.82, 2.24) is 4.90 Å². The van der Waals surface area contributed by atoms with Gasteiger partial charge in [0.05, 0.1) is 0 Å². The number of hydrogen-bond acceptors (Lipinski definition) is 6. The van der Waals surface area contributed by atoms with Gasteiger partial charge in [-0.25, -0.2) is 0 Å². The van der Waals surface area contributed by atoms with E-state index in [0.717, 1.165) is 0 Å². The smallest absolute Gasteiger partial charge is 0.326 e. The number of carbonyl (C=O) groups excluding carboxylic acids is 3. The van der Waals surface area contributed by atoms with E-state index in [2.05, 4.69) is 6.58 Å². The number of benzene rings is 1. The molecule has 1 aromatic rings. The van der Waals surface area contributed by atoms with Gasteiger partial charge in [0.25, 0.3) is 5.91 Å². The zero-order chi connectivity index (χ0) is 17.9. The molecule has 0 spiro atoms. The van der Waals surface area contributed by atoms with E-state index in [0.29, 0.717) is 16.8 Å². The molecule has 1 aliphatic heterocycles. The van der Waals surface area contributed by atoms with Gasteiger partial charge >= 0.3 is 5.97 Å². The van der Waals surface area contributed by atoms with Crippen molar-refractivity contribution in [2.45, 2.75) is 6.92 Å². The van der Waals surface area contributed by atoms with Crippen molar-refractivity contribution in [3.63, 3.8) is 0 Å². The molecule has 122 valence electrons. The van der Waals surface area contributed by atoms with Gasteiger partial charge in [0.2, 0.25) is 5.78 Å². The number of esters is 1. The molecule has 1 aromatic carbocycles. The Morgan fingerprint density at radius 1 is 1.33 bits per heavy atom. The minimum absolute atomic E-state index is 0.0529. The lowest BCUT2D eigenvalue weighted by atomic mass is 10.1. The normalized spacial score (nSPS) is 13.9. The molecule has 24 heavy (non-hydrogen) atoms. The second kappa shape index (κ2) is 6.79. The van der Waals surface area contributed by atoms with Gasteiger partial charge in [-0.15, -0.1) is 0 Å². The van der Waals surface area contributed by atoms with E-state index in [1.807, 2.05) is 0 Å². The number of fused-ring (bicyclic) bond motifs is 1. The molecule has 0 saturated carbocycles. The van der Waals surface area contributed by atoms with Crippen molar-refractivity contribution in [1.29, 1.82) is 5.26 Å². The Kier molecular flexibility index (Phi) is 4.80. The maximum atomic E-state index is 12.2. The van der Waals surface area contributed by atoms with Crippen molar-refractivity contribution in [2.75, 3.05) is 13.2 Å². The Morgan fingerprint density at radius 3 is 2.50 bits per heavy atom. The number of carbonyl (C=O) groups is 3. The third kappa shape index (κ3) is 3.17. The summed E-state index contributed by atoms with van der Waals surface area (Å²) in [4.78, 5) is 37.1. The highest BCUT2D eigenvalue weighted by molar-refractivity contribution is 6.10. The molecule has 0 aliphatic carbocycles. The summed E-state index contributed by atoms with van der Waals surface area (Å²) in [5.74, 6) is -1.83. The minimum Gasteiger partial charge on any atom is -0.456 e. The summed E-state index contributed by atoms with van der Waals surface area (Å²) in [5, 5.41) is 8.82. The predicted molar refractivity (Wildman–Crippen MR) is 85.0 cm³/mol. The Balaban J connectivity index is 1.99. The van der Waals surface area contributed by atoms with Crippen LogP contribution < -0.4 is 5.73 Å². The summed E-state index contributed by atoms with van der Waals surface area (Å²) >= 11 is 0. The number of rotatable bonds is 5. The lowest BCUT2D eigenvalue weighted by Gasteiger charge is -2.16. The molecule has 0 unspecified atom stereocenters. The fourth-order valence-electron chi connectivity index (χ4n) is 2.27. The number of amides is 1. The van der Waals surface area contributed by atoms with Gasteiger partial charge in [-0.05, 0) is 13.0 Å². The maximum absolute atomic E-state index is 12.2. The molecule has 0 bridgehead atoms. The summed E-state index contributed by atoms with van der Waals surface area (Å²) in [6.45, 7) is 4.23. The molecule has 7 nitrogen and oxygen atoms in total. The summed E-state index contributed by atoms with van der Waals surface area (Å²) in [6.07, 6.45) is 0. The third-order valence-electron chi connectivity index (χ3n) is 3.48. The topological polar surface area (TPSA) is 113 Å². The zero-order valence-electron chi connectivity index (χ0n) is 13.0. The van der Waals surface area contributed by atoms with Crippen molar-refractivity contribution in [2.24, 2.45) is 5.73 Å².